The van der Waals surface area contributed by atoms with Gasteiger partial charge in [0.25, 0.3) is 0 Å². The summed E-state index contributed by atoms with van der Waals surface area (Å²) >= 11 is 0. The number of hydrogen-bond donors (Lipinski definition) is 1. The van der Waals surface area contributed by atoms with E-state index in [-0.39, 0.29) is 18.5 Å². The second-order valence-corrected chi connectivity index (χ2v) is 2.68. The van der Waals surface area contributed by atoms with Gasteiger partial charge in [-0.1, -0.05) is 6.08 Å². The molecule has 3 heteroatoms. The van der Waals surface area contributed by atoms with Crippen LogP contribution in [0, 0.1) is 0 Å². The Kier molecular flexibility index (Phi) is 2.13. The average Bonchev–Trinajstić information content (AvgIpc) is 2.06. The second-order valence-electron chi connectivity index (χ2n) is 2.68. The van der Waals surface area contributed by atoms with Crippen molar-refractivity contribution >= 4 is 5.91 Å². The smallest absolute Gasteiger partial charge is 0.243 e. The summed E-state index contributed by atoms with van der Waals surface area (Å²) in [7, 11) is 0. The van der Waals surface area contributed by atoms with Crippen molar-refractivity contribution in [3.05, 3.63) is 12.2 Å². The van der Waals surface area contributed by atoms with Gasteiger partial charge in [0.1, 0.15) is 0 Å². The quantitative estimate of drug-likeness (QED) is 0.637. The van der Waals surface area contributed by atoms with Gasteiger partial charge in [-0.25, -0.2) is 0 Å². The Balaban J connectivity index is 4.56. The molecule has 1 amide bonds. The van der Waals surface area contributed by atoms with Crippen molar-refractivity contribution in [3.8, 4) is 0 Å². The lowest BCUT2D eigenvalue weighted by Gasteiger charge is -2.05. The van der Waals surface area contributed by atoms with Gasteiger partial charge in [0.15, 0.2) is 0 Å². The molecular formula is C9H18N2O. The van der Waals surface area contributed by atoms with E-state index in [1.54, 1.807) is 13.8 Å². The van der Waals surface area contributed by atoms with E-state index in [2.05, 4.69) is 5.32 Å². The van der Waals surface area contributed by atoms with Crippen molar-refractivity contribution in [2.45, 2.75) is 19.9 Å². The predicted molar refractivity (Wildman–Crippen MR) is 51.0 cm³/mol. The van der Waals surface area contributed by atoms with Crippen LogP contribution < -0.4 is 5.32 Å². The summed E-state index contributed by atoms with van der Waals surface area (Å²) < 4.78 is 42.7. The summed E-state index contributed by atoms with van der Waals surface area (Å²) in [6, 6.07) is -0.0384. The molecule has 0 saturated carbocycles. The standard InChI is InChI=1S/C9H18N2O/c1-8(2)10-9(12)6-5-7-11(3)4/h5-6,8H,7H2,1-4H3,(H,10,12)/b6-5+/i3D3,4D3. The number of likely N-dealkylation sites (N-methyl/N-ethyl adjacent to an activating group) is 1. The number of carbonyl (C=O) groups excluding carboxylic acids is 1. The lowest BCUT2D eigenvalue weighted by molar-refractivity contribution is -0.116. The first kappa shape index (κ1) is 4.42. The number of nitrogens with zero attached hydrogens (tertiary/aromatic N) is 1. The monoisotopic (exact) mass is 176 g/mol. The van der Waals surface area contributed by atoms with Gasteiger partial charge >= 0.3 is 0 Å². The number of amides is 1. The van der Waals surface area contributed by atoms with Gasteiger partial charge in [-0.15, -0.1) is 0 Å². The van der Waals surface area contributed by atoms with Crippen LogP contribution in [0.4, 0.5) is 0 Å². The maximum atomic E-state index is 11.2. The van der Waals surface area contributed by atoms with Gasteiger partial charge < -0.3 is 10.2 Å². The van der Waals surface area contributed by atoms with Crippen LogP contribution in [0.3, 0.4) is 0 Å². The fourth-order valence-corrected chi connectivity index (χ4v) is 0.598. The molecule has 0 atom stereocenters. The van der Waals surface area contributed by atoms with Crippen molar-refractivity contribution in [3.63, 3.8) is 0 Å². The molecule has 0 aliphatic heterocycles. The normalized spacial score (nSPS) is 21.0. The van der Waals surface area contributed by atoms with Crippen molar-refractivity contribution in [1.82, 2.24) is 10.2 Å². The van der Waals surface area contributed by atoms with Gasteiger partial charge in [-0.3, -0.25) is 4.79 Å². The first-order valence-corrected chi connectivity index (χ1v) is 3.69. The lowest BCUT2D eigenvalue weighted by Crippen LogP contribution is -2.28. The van der Waals surface area contributed by atoms with Crippen LogP contribution in [-0.2, 0) is 4.79 Å². The van der Waals surface area contributed by atoms with E-state index in [0.29, 0.717) is 4.90 Å². The summed E-state index contributed by atoms with van der Waals surface area (Å²) in [6.45, 7) is -2.25. The molecule has 0 unspecified atom stereocenters. The molecule has 0 aliphatic carbocycles. The number of nitrogens with one attached hydrogen (secondary N) is 1. The van der Waals surface area contributed by atoms with E-state index in [1.807, 2.05) is 0 Å². The van der Waals surface area contributed by atoms with Crippen LogP contribution in [0.15, 0.2) is 12.2 Å². The third-order valence-electron chi connectivity index (χ3n) is 0.988. The van der Waals surface area contributed by atoms with Gasteiger partial charge in [-0.05, 0) is 27.8 Å². The Morgan fingerprint density at radius 2 is 2.33 bits per heavy atom. The van der Waals surface area contributed by atoms with E-state index in [0.717, 1.165) is 6.08 Å². The molecule has 12 heavy (non-hydrogen) atoms. The molecule has 0 saturated heterocycles. The zero-order chi connectivity index (χ0) is 14.6. The van der Waals surface area contributed by atoms with Gasteiger partial charge in [0.05, 0.1) is 0 Å². The average molecular weight is 176 g/mol. The van der Waals surface area contributed by atoms with Crippen molar-refractivity contribution in [1.29, 1.82) is 0 Å². The van der Waals surface area contributed by atoms with E-state index in [9.17, 15) is 4.79 Å². The van der Waals surface area contributed by atoms with Crippen LogP contribution in [0.2, 0.25) is 0 Å². The zero-order valence-electron chi connectivity index (χ0n) is 13.3. The Morgan fingerprint density at radius 1 is 1.67 bits per heavy atom. The summed E-state index contributed by atoms with van der Waals surface area (Å²) in [4.78, 5) is 11.6. The van der Waals surface area contributed by atoms with Gasteiger partial charge in [-0.2, -0.15) is 0 Å². The molecule has 0 aromatic carbocycles. The molecule has 0 rings (SSSR count). The highest BCUT2D eigenvalue weighted by atomic mass is 16.1. The number of rotatable bonds is 4. The maximum Gasteiger partial charge on any atom is 0.243 e. The molecule has 3 nitrogen and oxygen atoms in total. The van der Waals surface area contributed by atoms with E-state index in [1.165, 1.54) is 6.08 Å². The Morgan fingerprint density at radius 3 is 2.83 bits per heavy atom. The topological polar surface area (TPSA) is 32.3 Å². The molecule has 0 heterocycles. The van der Waals surface area contributed by atoms with Crippen LogP contribution in [-0.4, -0.2) is 37.3 Å². The lowest BCUT2D eigenvalue weighted by atomic mass is 10.3. The number of carbonyl (C=O) groups is 1. The summed E-state index contributed by atoms with van der Waals surface area (Å²) in [6.07, 6.45) is 2.35. The second kappa shape index (κ2) is 5.77. The zero-order valence-corrected chi connectivity index (χ0v) is 7.29. The van der Waals surface area contributed by atoms with Crippen molar-refractivity contribution < 1.29 is 13.0 Å². The third-order valence-corrected chi connectivity index (χ3v) is 0.988. The van der Waals surface area contributed by atoms with Crippen LogP contribution in [0.1, 0.15) is 22.1 Å². The van der Waals surface area contributed by atoms with E-state index in [4.69, 9.17) is 8.22 Å². The fraction of sp³-hybridized carbons (Fsp3) is 0.667. The molecule has 0 radical (unpaired) electrons. The minimum atomic E-state index is -2.73. The summed E-state index contributed by atoms with van der Waals surface area (Å²) in [5.41, 5.74) is 0. The minimum absolute atomic E-state index is 0.0384. The highest BCUT2D eigenvalue weighted by molar-refractivity contribution is 5.87. The Labute approximate surface area is 82.9 Å². The molecule has 0 spiro atoms. The first-order valence-electron chi connectivity index (χ1n) is 6.69. The fourth-order valence-electron chi connectivity index (χ4n) is 0.598. The molecule has 0 aromatic heterocycles. The largest absolute Gasteiger partial charge is 0.350 e. The molecule has 1 N–H and O–H groups in total. The van der Waals surface area contributed by atoms with E-state index < -0.39 is 14.0 Å². The SMILES string of the molecule is [2H]C([2H])([2H])N(C/C=C/C(=O)NC(C)C)C([2H])([2H])[2H]. The van der Waals surface area contributed by atoms with Crippen LogP contribution in [0.5, 0.6) is 0 Å². The van der Waals surface area contributed by atoms with Crippen molar-refractivity contribution in [2.24, 2.45) is 0 Å². The number of hydrogen-bond acceptors (Lipinski definition) is 2. The Bertz CT molecular complexity index is 293. The minimum Gasteiger partial charge on any atom is -0.350 e. The van der Waals surface area contributed by atoms with Crippen molar-refractivity contribution in [2.75, 3.05) is 20.5 Å². The Hall–Kier alpha value is -0.830. The maximum absolute atomic E-state index is 11.2. The molecule has 70 valence electrons. The highest BCUT2D eigenvalue weighted by Gasteiger charge is 1.96. The van der Waals surface area contributed by atoms with E-state index >= 15 is 0 Å². The predicted octanol–water partition coefficient (Wildman–Crippen LogP) is 0.629. The van der Waals surface area contributed by atoms with Gasteiger partial charge in [0, 0.05) is 26.9 Å². The van der Waals surface area contributed by atoms with Crippen LogP contribution in [0.25, 0.3) is 0 Å². The first-order chi connectivity index (χ1) is 7.94. The molecule has 0 fully saturated rings. The molecule has 0 aromatic rings. The molecular weight excluding hydrogens is 152 g/mol. The van der Waals surface area contributed by atoms with Crippen LogP contribution >= 0.6 is 0 Å². The molecule has 0 bridgehead atoms. The molecule has 0 aliphatic rings. The summed E-state index contributed by atoms with van der Waals surface area (Å²) in [5, 5.41) is 2.57. The summed E-state index contributed by atoms with van der Waals surface area (Å²) in [5.74, 6) is -0.388. The van der Waals surface area contributed by atoms with Gasteiger partial charge in [0.2, 0.25) is 5.91 Å². The highest BCUT2D eigenvalue weighted by Crippen LogP contribution is 1.81. The third kappa shape index (κ3) is 7.28.